The third-order valence-corrected chi connectivity index (χ3v) is 4.17. The van der Waals surface area contributed by atoms with Crippen LogP contribution in [0, 0.1) is 0 Å². The SMILES string of the molecule is CN1C2CCC1CN(Cc1ccccc1)C2.Cl. The molecule has 0 amide bonds. The van der Waals surface area contributed by atoms with Gasteiger partial charge in [-0.3, -0.25) is 9.80 Å². The van der Waals surface area contributed by atoms with Crippen LogP contribution in [-0.2, 0) is 6.54 Å². The van der Waals surface area contributed by atoms with E-state index < -0.39 is 0 Å². The second-order valence-corrected chi connectivity index (χ2v) is 5.23. The molecule has 2 bridgehead atoms. The summed E-state index contributed by atoms with van der Waals surface area (Å²) in [4.78, 5) is 5.21. The van der Waals surface area contributed by atoms with Crippen molar-refractivity contribution >= 4 is 12.4 Å². The second kappa shape index (κ2) is 5.38. The maximum Gasteiger partial charge on any atom is 0.0235 e. The summed E-state index contributed by atoms with van der Waals surface area (Å²) in [6.07, 6.45) is 2.79. The van der Waals surface area contributed by atoms with E-state index in [1.54, 1.807) is 0 Å². The van der Waals surface area contributed by atoms with Crippen LogP contribution in [0.3, 0.4) is 0 Å². The minimum atomic E-state index is 0. The fourth-order valence-corrected chi connectivity index (χ4v) is 3.17. The van der Waals surface area contributed by atoms with Crippen LogP contribution in [0.15, 0.2) is 30.3 Å². The predicted molar refractivity (Wildman–Crippen MR) is 73.5 cm³/mol. The van der Waals surface area contributed by atoms with Gasteiger partial charge in [0.25, 0.3) is 0 Å². The summed E-state index contributed by atoms with van der Waals surface area (Å²) >= 11 is 0. The normalized spacial score (nSPS) is 29.0. The first-order valence-corrected chi connectivity index (χ1v) is 6.31. The number of likely N-dealkylation sites (N-methyl/N-ethyl adjacent to an activating group) is 1. The van der Waals surface area contributed by atoms with Gasteiger partial charge in [-0.05, 0) is 25.5 Å². The topological polar surface area (TPSA) is 6.48 Å². The van der Waals surface area contributed by atoms with E-state index in [2.05, 4.69) is 47.2 Å². The van der Waals surface area contributed by atoms with Gasteiger partial charge in [-0.15, -0.1) is 12.4 Å². The molecule has 94 valence electrons. The number of hydrogen-bond acceptors (Lipinski definition) is 2. The van der Waals surface area contributed by atoms with Crippen LogP contribution in [0.2, 0.25) is 0 Å². The van der Waals surface area contributed by atoms with Crippen molar-refractivity contribution in [3.63, 3.8) is 0 Å². The molecule has 2 unspecified atom stereocenters. The van der Waals surface area contributed by atoms with Gasteiger partial charge in [0.1, 0.15) is 0 Å². The van der Waals surface area contributed by atoms with E-state index in [1.807, 2.05) is 0 Å². The van der Waals surface area contributed by atoms with E-state index >= 15 is 0 Å². The number of rotatable bonds is 2. The first kappa shape index (κ1) is 12.9. The first-order valence-electron chi connectivity index (χ1n) is 6.31. The molecule has 3 rings (SSSR count). The van der Waals surface area contributed by atoms with Crippen LogP contribution in [0.4, 0.5) is 0 Å². The molecular weight excluding hydrogens is 232 g/mol. The zero-order chi connectivity index (χ0) is 11.0. The molecule has 2 fully saturated rings. The van der Waals surface area contributed by atoms with Gasteiger partial charge in [0, 0.05) is 31.7 Å². The molecule has 2 heterocycles. The summed E-state index contributed by atoms with van der Waals surface area (Å²) in [5.41, 5.74) is 1.45. The third kappa shape index (κ3) is 2.65. The van der Waals surface area contributed by atoms with Gasteiger partial charge in [-0.1, -0.05) is 30.3 Å². The molecule has 2 atom stereocenters. The number of nitrogens with zero attached hydrogens (tertiary/aromatic N) is 2. The molecule has 1 aromatic rings. The highest BCUT2D eigenvalue weighted by atomic mass is 35.5. The molecule has 0 radical (unpaired) electrons. The molecule has 0 aromatic heterocycles. The summed E-state index contributed by atoms with van der Waals surface area (Å²) in [7, 11) is 2.29. The lowest BCUT2D eigenvalue weighted by Gasteiger charge is -2.38. The van der Waals surface area contributed by atoms with Crippen LogP contribution < -0.4 is 0 Å². The number of halogens is 1. The minimum Gasteiger partial charge on any atom is -0.298 e. The zero-order valence-electron chi connectivity index (χ0n) is 10.4. The van der Waals surface area contributed by atoms with Gasteiger partial charge in [0.2, 0.25) is 0 Å². The lowest BCUT2D eigenvalue weighted by atomic mass is 10.1. The molecule has 0 saturated carbocycles. The maximum absolute atomic E-state index is 2.62. The Bertz CT molecular complexity index is 340. The number of benzene rings is 1. The maximum atomic E-state index is 2.62. The Hall–Kier alpha value is -0.570. The average molecular weight is 253 g/mol. The number of piperazine rings is 1. The van der Waals surface area contributed by atoms with Crippen LogP contribution >= 0.6 is 12.4 Å². The van der Waals surface area contributed by atoms with Gasteiger partial charge in [0.05, 0.1) is 0 Å². The molecule has 2 nitrogen and oxygen atoms in total. The molecule has 0 N–H and O–H groups in total. The van der Waals surface area contributed by atoms with E-state index in [4.69, 9.17) is 0 Å². The van der Waals surface area contributed by atoms with Crippen molar-refractivity contribution in [3.05, 3.63) is 35.9 Å². The minimum absolute atomic E-state index is 0. The standard InChI is InChI=1S/C14H20N2.ClH/c1-15-13-7-8-14(15)11-16(10-13)9-12-5-3-2-4-6-12;/h2-6,13-14H,7-11H2,1H3;1H. The quantitative estimate of drug-likeness (QED) is 0.798. The first-order chi connectivity index (χ1) is 7.83. The fraction of sp³-hybridized carbons (Fsp3) is 0.571. The Morgan fingerprint density at radius 3 is 2.24 bits per heavy atom. The van der Waals surface area contributed by atoms with Crippen molar-refractivity contribution in [2.24, 2.45) is 0 Å². The summed E-state index contributed by atoms with van der Waals surface area (Å²) in [6.45, 7) is 3.63. The van der Waals surface area contributed by atoms with E-state index in [1.165, 1.54) is 31.5 Å². The Labute approximate surface area is 110 Å². The van der Waals surface area contributed by atoms with E-state index in [0.717, 1.165) is 18.6 Å². The molecule has 1 aromatic carbocycles. The summed E-state index contributed by atoms with van der Waals surface area (Å²) < 4.78 is 0. The van der Waals surface area contributed by atoms with Gasteiger partial charge in [-0.2, -0.15) is 0 Å². The molecule has 2 saturated heterocycles. The largest absolute Gasteiger partial charge is 0.298 e. The van der Waals surface area contributed by atoms with Crippen LogP contribution in [-0.4, -0.2) is 42.0 Å². The number of hydrogen-bond donors (Lipinski definition) is 0. The zero-order valence-corrected chi connectivity index (χ0v) is 11.2. The van der Waals surface area contributed by atoms with Crippen molar-refractivity contribution in [1.82, 2.24) is 9.80 Å². The smallest absolute Gasteiger partial charge is 0.0235 e. The Morgan fingerprint density at radius 2 is 1.65 bits per heavy atom. The van der Waals surface area contributed by atoms with Crippen LogP contribution in [0.5, 0.6) is 0 Å². The highest BCUT2D eigenvalue weighted by Gasteiger charge is 2.37. The lowest BCUT2D eigenvalue weighted by Crippen LogP contribution is -2.51. The van der Waals surface area contributed by atoms with Crippen molar-refractivity contribution in [2.45, 2.75) is 31.5 Å². The molecule has 0 spiro atoms. The molecule has 3 heteroatoms. The van der Waals surface area contributed by atoms with E-state index in [-0.39, 0.29) is 12.4 Å². The molecule has 0 aliphatic carbocycles. The van der Waals surface area contributed by atoms with Crippen molar-refractivity contribution in [1.29, 1.82) is 0 Å². The molecule has 2 aliphatic rings. The van der Waals surface area contributed by atoms with Gasteiger partial charge in [0.15, 0.2) is 0 Å². The van der Waals surface area contributed by atoms with Gasteiger partial charge in [-0.25, -0.2) is 0 Å². The Balaban J connectivity index is 0.00000108. The number of fused-ring (bicyclic) bond motifs is 2. The van der Waals surface area contributed by atoms with E-state index in [0.29, 0.717) is 0 Å². The van der Waals surface area contributed by atoms with Gasteiger partial charge < -0.3 is 0 Å². The summed E-state index contributed by atoms with van der Waals surface area (Å²) in [5, 5.41) is 0. The lowest BCUT2D eigenvalue weighted by molar-refractivity contribution is 0.0837. The Kier molecular flexibility index (Phi) is 4.08. The van der Waals surface area contributed by atoms with Crippen molar-refractivity contribution < 1.29 is 0 Å². The van der Waals surface area contributed by atoms with Gasteiger partial charge >= 0.3 is 0 Å². The second-order valence-electron chi connectivity index (χ2n) is 5.23. The number of likely N-dealkylation sites (tertiary alicyclic amines) is 1. The Morgan fingerprint density at radius 1 is 1.06 bits per heavy atom. The summed E-state index contributed by atoms with van der Waals surface area (Å²) in [5.74, 6) is 0. The highest BCUT2D eigenvalue weighted by Crippen LogP contribution is 2.28. The molecule has 17 heavy (non-hydrogen) atoms. The highest BCUT2D eigenvalue weighted by molar-refractivity contribution is 5.85. The summed E-state index contributed by atoms with van der Waals surface area (Å²) in [6, 6.07) is 12.5. The van der Waals surface area contributed by atoms with Crippen LogP contribution in [0.25, 0.3) is 0 Å². The average Bonchev–Trinajstić information content (AvgIpc) is 2.54. The molecular formula is C14H21ClN2. The predicted octanol–water partition coefficient (Wildman–Crippen LogP) is 2.39. The van der Waals surface area contributed by atoms with Crippen LogP contribution in [0.1, 0.15) is 18.4 Å². The monoisotopic (exact) mass is 252 g/mol. The fourth-order valence-electron chi connectivity index (χ4n) is 3.17. The van der Waals surface area contributed by atoms with E-state index in [9.17, 15) is 0 Å². The van der Waals surface area contributed by atoms with Crippen molar-refractivity contribution in [2.75, 3.05) is 20.1 Å². The third-order valence-electron chi connectivity index (χ3n) is 4.17. The van der Waals surface area contributed by atoms with Crippen molar-refractivity contribution in [3.8, 4) is 0 Å². The molecule has 2 aliphatic heterocycles.